The summed E-state index contributed by atoms with van der Waals surface area (Å²) in [6.07, 6.45) is 0.324. The van der Waals surface area contributed by atoms with Crippen LogP contribution in [0.4, 0.5) is 5.13 Å². The fourth-order valence-electron chi connectivity index (χ4n) is 1.78. The number of aliphatic hydroxyl groups is 1. The van der Waals surface area contributed by atoms with Gasteiger partial charge in [0.2, 0.25) is 5.91 Å². The Balaban J connectivity index is 2.11. The number of anilines is 1. The summed E-state index contributed by atoms with van der Waals surface area (Å²) in [4.78, 5) is 28.8. The van der Waals surface area contributed by atoms with Gasteiger partial charge in [-0.1, -0.05) is 0 Å². The van der Waals surface area contributed by atoms with E-state index in [-0.39, 0.29) is 24.1 Å². The van der Waals surface area contributed by atoms with Crippen molar-refractivity contribution >= 4 is 28.3 Å². The quantitative estimate of drug-likeness (QED) is 0.813. The number of hydrogen-bond acceptors (Lipinski definition) is 6. The van der Waals surface area contributed by atoms with Crippen molar-refractivity contribution in [3.63, 3.8) is 0 Å². The SMILES string of the molecule is CCOC(=O)c1csc(N2CC(CO)CC2=O)n1. The molecular formula is C11H14N2O4S. The van der Waals surface area contributed by atoms with E-state index in [4.69, 9.17) is 9.84 Å². The second-order valence-corrected chi connectivity index (χ2v) is 4.83. The lowest BCUT2D eigenvalue weighted by Crippen LogP contribution is -2.24. The number of nitrogens with zero attached hydrogens (tertiary/aromatic N) is 2. The second kappa shape index (κ2) is 5.45. The summed E-state index contributed by atoms with van der Waals surface area (Å²) in [6, 6.07) is 0. The normalized spacial score (nSPS) is 19.3. The molecule has 1 aromatic rings. The number of hydrogen-bond donors (Lipinski definition) is 1. The van der Waals surface area contributed by atoms with Crippen molar-refractivity contribution in [2.24, 2.45) is 5.92 Å². The molecule has 0 aromatic carbocycles. The molecule has 1 fully saturated rings. The van der Waals surface area contributed by atoms with E-state index in [1.165, 1.54) is 16.2 Å². The maximum atomic E-state index is 11.7. The Bertz CT molecular complexity index is 460. The number of thiazole rings is 1. The topological polar surface area (TPSA) is 79.7 Å². The first-order valence-electron chi connectivity index (χ1n) is 5.69. The summed E-state index contributed by atoms with van der Waals surface area (Å²) in [5.74, 6) is -0.600. The molecule has 1 aromatic heterocycles. The van der Waals surface area contributed by atoms with Gasteiger partial charge in [-0.05, 0) is 6.92 Å². The van der Waals surface area contributed by atoms with Crippen LogP contribution in [-0.2, 0) is 9.53 Å². The molecule has 1 unspecified atom stereocenters. The molecule has 0 radical (unpaired) electrons. The fourth-order valence-corrected chi connectivity index (χ4v) is 2.60. The summed E-state index contributed by atoms with van der Waals surface area (Å²) in [7, 11) is 0. The highest BCUT2D eigenvalue weighted by Crippen LogP contribution is 2.27. The Kier molecular flexibility index (Phi) is 3.93. The van der Waals surface area contributed by atoms with Crippen LogP contribution >= 0.6 is 11.3 Å². The largest absolute Gasteiger partial charge is 0.461 e. The maximum Gasteiger partial charge on any atom is 0.357 e. The molecule has 0 aliphatic carbocycles. The van der Waals surface area contributed by atoms with Gasteiger partial charge in [0, 0.05) is 30.9 Å². The smallest absolute Gasteiger partial charge is 0.357 e. The number of aromatic nitrogens is 1. The molecule has 1 aliphatic heterocycles. The van der Waals surface area contributed by atoms with E-state index in [1.807, 2.05) is 0 Å². The van der Waals surface area contributed by atoms with Crippen LogP contribution in [0.2, 0.25) is 0 Å². The molecule has 0 bridgehead atoms. The summed E-state index contributed by atoms with van der Waals surface area (Å²) >= 11 is 1.23. The average molecular weight is 270 g/mol. The Morgan fingerprint density at radius 3 is 3.11 bits per heavy atom. The minimum Gasteiger partial charge on any atom is -0.461 e. The molecule has 1 atom stereocenters. The zero-order valence-corrected chi connectivity index (χ0v) is 10.8. The Labute approximate surface area is 108 Å². The summed E-state index contributed by atoms with van der Waals surface area (Å²) in [5.41, 5.74) is 0.220. The number of amides is 1. The fraction of sp³-hybridized carbons (Fsp3) is 0.545. The van der Waals surface area contributed by atoms with Crippen molar-refractivity contribution in [1.29, 1.82) is 0 Å². The van der Waals surface area contributed by atoms with Crippen LogP contribution in [0.25, 0.3) is 0 Å². The van der Waals surface area contributed by atoms with Gasteiger partial charge in [0.15, 0.2) is 10.8 Å². The number of rotatable bonds is 4. The Morgan fingerprint density at radius 2 is 2.50 bits per heavy atom. The first-order chi connectivity index (χ1) is 8.65. The standard InChI is InChI=1S/C11H14N2O4S/c1-2-17-10(16)8-6-18-11(12-8)13-4-7(5-14)3-9(13)15/h6-7,14H,2-5H2,1H3. The van der Waals surface area contributed by atoms with Crippen molar-refractivity contribution in [3.8, 4) is 0 Å². The molecule has 0 saturated carbocycles. The van der Waals surface area contributed by atoms with E-state index >= 15 is 0 Å². The number of carbonyl (C=O) groups excluding carboxylic acids is 2. The Morgan fingerprint density at radius 1 is 1.72 bits per heavy atom. The van der Waals surface area contributed by atoms with Crippen molar-refractivity contribution in [3.05, 3.63) is 11.1 Å². The number of aliphatic hydroxyl groups excluding tert-OH is 1. The molecule has 1 saturated heterocycles. The number of ether oxygens (including phenoxy) is 1. The molecule has 6 nitrogen and oxygen atoms in total. The summed E-state index contributed by atoms with van der Waals surface area (Å²) in [5, 5.41) is 11.1. The third-order valence-electron chi connectivity index (χ3n) is 2.67. The van der Waals surface area contributed by atoms with Crippen molar-refractivity contribution < 1.29 is 19.4 Å². The monoisotopic (exact) mass is 270 g/mol. The number of esters is 1. The minimum atomic E-state index is -0.481. The second-order valence-electron chi connectivity index (χ2n) is 3.99. The van der Waals surface area contributed by atoms with Crippen molar-refractivity contribution in [2.45, 2.75) is 13.3 Å². The first kappa shape index (κ1) is 13.0. The molecule has 0 spiro atoms. The highest BCUT2D eigenvalue weighted by atomic mass is 32.1. The lowest BCUT2D eigenvalue weighted by atomic mass is 10.1. The predicted octanol–water partition coefficient (Wildman–Crippen LogP) is 0.665. The molecule has 1 aliphatic rings. The summed E-state index contributed by atoms with van der Waals surface area (Å²) < 4.78 is 4.83. The van der Waals surface area contributed by atoms with Crippen molar-refractivity contribution in [1.82, 2.24) is 4.98 Å². The average Bonchev–Trinajstić information content (AvgIpc) is 2.95. The third-order valence-corrected chi connectivity index (χ3v) is 3.53. The lowest BCUT2D eigenvalue weighted by molar-refractivity contribution is -0.117. The zero-order valence-electron chi connectivity index (χ0n) is 9.96. The Hall–Kier alpha value is -1.47. The first-order valence-corrected chi connectivity index (χ1v) is 6.57. The van der Waals surface area contributed by atoms with Crippen LogP contribution in [0, 0.1) is 5.92 Å². The number of carbonyl (C=O) groups is 2. The summed E-state index contributed by atoms with van der Waals surface area (Å²) in [6.45, 7) is 2.45. The van der Waals surface area contributed by atoms with Crippen LogP contribution < -0.4 is 4.90 Å². The highest BCUT2D eigenvalue weighted by molar-refractivity contribution is 7.14. The van der Waals surface area contributed by atoms with E-state index < -0.39 is 5.97 Å². The van der Waals surface area contributed by atoms with Gasteiger partial charge >= 0.3 is 5.97 Å². The molecule has 2 rings (SSSR count). The van der Waals surface area contributed by atoms with E-state index in [0.717, 1.165) is 0 Å². The van der Waals surface area contributed by atoms with Crippen LogP contribution in [-0.4, -0.2) is 41.7 Å². The van der Waals surface area contributed by atoms with Gasteiger partial charge in [-0.25, -0.2) is 9.78 Å². The van der Waals surface area contributed by atoms with E-state index in [9.17, 15) is 9.59 Å². The van der Waals surface area contributed by atoms with Gasteiger partial charge in [0.1, 0.15) is 0 Å². The highest BCUT2D eigenvalue weighted by Gasteiger charge is 2.32. The third kappa shape index (κ3) is 2.51. The van der Waals surface area contributed by atoms with Gasteiger partial charge in [0.05, 0.1) is 6.61 Å². The van der Waals surface area contributed by atoms with Gasteiger partial charge in [-0.15, -0.1) is 11.3 Å². The zero-order chi connectivity index (χ0) is 13.1. The van der Waals surface area contributed by atoms with Crippen LogP contribution in [0.1, 0.15) is 23.8 Å². The van der Waals surface area contributed by atoms with Gasteiger partial charge < -0.3 is 9.84 Å². The molecule has 7 heteroatoms. The lowest BCUT2D eigenvalue weighted by Gasteiger charge is -2.11. The van der Waals surface area contributed by atoms with Gasteiger partial charge in [-0.2, -0.15) is 0 Å². The van der Waals surface area contributed by atoms with Crippen LogP contribution in [0.15, 0.2) is 5.38 Å². The molecule has 18 heavy (non-hydrogen) atoms. The molecule has 2 heterocycles. The van der Waals surface area contributed by atoms with Crippen molar-refractivity contribution in [2.75, 3.05) is 24.7 Å². The maximum absolute atomic E-state index is 11.7. The van der Waals surface area contributed by atoms with Crippen LogP contribution in [0.3, 0.4) is 0 Å². The van der Waals surface area contributed by atoms with Crippen LogP contribution in [0.5, 0.6) is 0 Å². The van der Waals surface area contributed by atoms with E-state index in [2.05, 4.69) is 4.98 Å². The van der Waals surface area contributed by atoms with E-state index in [1.54, 1.807) is 12.3 Å². The molecule has 1 amide bonds. The van der Waals surface area contributed by atoms with Gasteiger partial charge in [-0.3, -0.25) is 9.69 Å². The molecule has 1 N–H and O–H groups in total. The minimum absolute atomic E-state index is 0.0155. The molecular weight excluding hydrogens is 256 g/mol. The molecule has 98 valence electrons. The van der Waals surface area contributed by atoms with Gasteiger partial charge in [0.25, 0.3) is 0 Å². The predicted molar refractivity (Wildman–Crippen MR) is 65.6 cm³/mol. The van der Waals surface area contributed by atoms with E-state index in [0.29, 0.717) is 24.7 Å².